The molecule has 1 aliphatic rings. The normalized spacial score (nSPS) is 18.2. The third kappa shape index (κ3) is 3.01. The number of thiophene rings is 1. The van der Waals surface area contributed by atoms with Crippen LogP contribution >= 0.6 is 11.3 Å². The number of hydrogen-bond donors (Lipinski definition) is 0. The van der Waals surface area contributed by atoms with Crippen molar-refractivity contribution in [2.24, 2.45) is 0 Å². The van der Waals surface area contributed by atoms with Gasteiger partial charge in [-0.05, 0) is 73.9 Å². The molecule has 0 aliphatic heterocycles. The second-order valence-electron chi connectivity index (χ2n) is 7.29. The van der Waals surface area contributed by atoms with E-state index in [4.69, 9.17) is 0 Å². The van der Waals surface area contributed by atoms with Crippen LogP contribution < -0.4 is 0 Å². The van der Waals surface area contributed by atoms with E-state index in [0.29, 0.717) is 12.1 Å². The number of carbonyl (C=O) groups excluding carboxylic acids is 1. The maximum atomic E-state index is 11.3. The van der Waals surface area contributed by atoms with Crippen molar-refractivity contribution in [2.45, 2.75) is 51.6 Å². The van der Waals surface area contributed by atoms with Gasteiger partial charge in [-0.2, -0.15) is 0 Å². The van der Waals surface area contributed by atoms with E-state index >= 15 is 0 Å². The first-order valence-electron chi connectivity index (χ1n) is 9.58. The molecular formula is C22H26N2OS. The first-order valence-corrected chi connectivity index (χ1v) is 10.5. The van der Waals surface area contributed by atoms with Crippen LogP contribution in [0, 0.1) is 0 Å². The predicted molar refractivity (Wildman–Crippen MR) is 110 cm³/mol. The second-order valence-corrected chi connectivity index (χ2v) is 8.27. The van der Waals surface area contributed by atoms with Crippen LogP contribution in [-0.2, 0) is 17.6 Å². The molecule has 136 valence electrons. The van der Waals surface area contributed by atoms with E-state index in [9.17, 15) is 4.79 Å². The molecule has 3 aromatic rings. The van der Waals surface area contributed by atoms with Crippen LogP contribution in [0.3, 0.4) is 0 Å². The minimum atomic E-state index is 0.459. The van der Waals surface area contributed by atoms with Gasteiger partial charge >= 0.3 is 0 Å². The lowest BCUT2D eigenvalue weighted by Gasteiger charge is -2.39. The van der Waals surface area contributed by atoms with E-state index < -0.39 is 0 Å². The molecule has 3 nitrogen and oxygen atoms in total. The zero-order chi connectivity index (χ0) is 18.1. The predicted octanol–water partition coefficient (Wildman–Crippen LogP) is 5.07. The monoisotopic (exact) mass is 366 g/mol. The van der Waals surface area contributed by atoms with Gasteiger partial charge < -0.3 is 0 Å². The summed E-state index contributed by atoms with van der Waals surface area (Å²) in [7, 11) is 0. The van der Waals surface area contributed by atoms with E-state index in [1.807, 2.05) is 17.5 Å². The molecule has 26 heavy (non-hydrogen) atoms. The van der Waals surface area contributed by atoms with Crippen molar-refractivity contribution < 1.29 is 4.79 Å². The summed E-state index contributed by atoms with van der Waals surface area (Å²) in [5, 5.41) is 3.43. The van der Waals surface area contributed by atoms with Gasteiger partial charge in [-0.1, -0.05) is 19.1 Å². The van der Waals surface area contributed by atoms with Crippen LogP contribution in [0.5, 0.6) is 0 Å². The Morgan fingerprint density at radius 1 is 1.35 bits per heavy atom. The van der Waals surface area contributed by atoms with Crippen LogP contribution in [0.15, 0.2) is 41.9 Å². The van der Waals surface area contributed by atoms with E-state index in [0.717, 1.165) is 31.3 Å². The van der Waals surface area contributed by atoms with Gasteiger partial charge in [0.25, 0.3) is 0 Å². The first-order chi connectivity index (χ1) is 12.7. The smallest absolute Gasteiger partial charge is 0.218 e. The molecule has 1 aliphatic carbocycles. The summed E-state index contributed by atoms with van der Waals surface area (Å²) in [6.07, 6.45) is 7.37. The number of fused-ring (bicyclic) bond motifs is 3. The number of aryl methyl sites for hydroxylation is 1. The fourth-order valence-electron chi connectivity index (χ4n) is 4.50. The Morgan fingerprint density at radius 2 is 2.23 bits per heavy atom. The standard InChI is InChI=1S/C22H26N2OS/c1-3-11-24(16(2)22-5-4-13-26-22)18-8-6-17-7-9-21-19(20(17)14-18)10-12-23(21)15-25/h4-5,7,9-10,12-13,15-16,18H,3,6,8,11,14H2,1-2H3. The molecule has 2 atom stereocenters. The molecule has 0 saturated carbocycles. The average Bonchev–Trinajstić information content (AvgIpc) is 3.34. The average molecular weight is 367 g/mol. The van der Waals surface area contributed by atoms with Crippen molar-refractivity contribution in [3.8, 4) is 0 Å². The SMILES string of the molecule is CCCN(C1CCc2ccc3c(ccn3C=O)c2C1)C(C)c1cccs1. The first kappa shape index (κ1) is 17.5. The van der Waals surface area contributed by atoms with Crippen molar-refractivity contribution in [1.82, 2.24) is 9.47 Å². The van der Waals surface area contributed by atoms with Crippen molar-refractivity contribution >= 4 is 28.6 Å². The molecule has 1 aromatic carbocycles. The summed E-state index contributed by atoms with van der Waals surface area (Å²) >= 11 is 1.86. The lowest BCUT2D eigenvalue weighted by molar-refractivity contribution is 0.132. The molecule has 4 heteroatoms. The summed E-state index contributed by atoms with van der Waals surface area (Å²) < 4.78 is 1.69. The topological polar surface area (TPSA) is 25.2 Å². The van der Waals surface area contributed by atoms with Crippen molar-refractivity contribution in [1.29, 1.82) is 0 Å². The summed E-state index contributed by atoms with van der Waals surface area (Å²) in [6.45, 7) is 5.75. The summed E-state index contributed by atoms with van der Waals surface area (Å²) in [4.78, 5) is 15.4. The number of carbonyl (C=O) groups is 1. The lowest BCUT2D eigenvalue weighted by Crippen LogP contribution is -2.41. The van der Waals surface area contributed by atoms with E-state index in [1.54, 1.807) is 4.57 Å². The maximum absolute atomic E-state index is 11.3. The Labute approximate surface area is 159 Å². The molecule has 2 heterocycles. The molecule has 0 N–H and O–H groups in total. The molecule has 0 radical (unpaired) electrons. The second kappa shape index (κ2) is 7.37. The highest BCUT2D eigenvalue weighted by Crippen LogP contribution is 2.35. The molecule has 0 bridgehead atoms. The number of hydrogen-bond acceptors (Lipinski definition) is 3. The van der Waals surface area contributed by atoms with E-state index in [1.165, 1.54) is 34.2 Å². The lowest BCUT2D eigenvalue weighted by atomic mass is 9.85. The molecule has 0 spiro atoms. The summed E-state index contributed by atoms with van der Waals surface area (Å²) in [6, 6.07) is 11.9. The Balaban J connectivity index is 1.67. The van der Waals surface area contributed by atoms with E-state index in [-0.39, 0.29) is 0 Å². The zero-order valence-electron chi connectivity index (χ0n) is 15.5. The van der Waals surface area contributed by atoms with Crippen LogP contribution in [0.25, 0.3) is 10.9 Å². The highest BCUT2D eigenvalue weighted by Gasteiger charge is 2.29. The van der Waals surface area contributed by atoms with Gasteiger partial charge in [0.1, 0.15) is 0 Å². The molecular weight excluding hydrogens is 340 g/mol. The fourth-order valence-corrected chi connectivity index (χ4v) is 5.30. The molecule has 0 amide bonds. The Hall–Kier alpha value is -1.91. The summed E-state index contributed by atoms with van der Waals surface area (Å²) in [5.41, 5.74) is 3.93. The van der Waals surface area contributed by atoms with Gasteiger partial charge in [0.05, 0.1) is 5.52 Å². The van der Waals surface area contributed by atoms with Crippen molar-refractivity contribution in [3.63, 3.8) is 0 Å². The third-order valence-electron chi connectivity index (χ3n) is 5.81. The number of rotatable bonds is 6. The largest absolute Gasteiger partial charge is 0.293 e. The van der Waals surface area contributed by atoms with Crippen molar-refractivity contribution in [2.75, 3.05) is 6.54 Å². The number of aromatic nitrogens is 1. The quantitative estimate of drug-likeness (QED) is 0.569. The highest BCUT2D eigenvalue weighted by molar-refractivity contribution is 7.10. The van der Waals surface area contributed by atoms with Crippen LogP contribution in [-0.4, -0.2) is 28.5 Å². The van der Waals surface area contributed by atoms with Crippen molar-refractivity contribution in [3.05, 3.63) is 57.9 Å². The molecule has 4 rings (SSSR count). The van der Waals surface area contributed by atoms with Crippen LogP contribution in [0.2, 0.25) is 0 Å². The minimum absolute atomic E-state index is 0.459. The third-order valence-corrected chi connectivity index (χ3v) is 6.86. The molecule has 0 fully saturated rings. The molecule has 2 unspecified atom stereocenters. The molecule has 2 aromatic heterocycles. The van der Waals surface area contributed by atoms with Gasteiger partial charge in [0.15, 0.2) is 0 Å². The molecule has 0 saturated heterocycles. The Kier molecular flexibility index (Phi) is 4.96. The number of nitrogens with zero attached hydrogens (tertiary/aromatic N) is 2. The number of benzene rings is 1. The Morgan fingerprint density at radius 3 is 2.96 bits per heavy atom. The zero-order valence-corrected chi connectivity index (χ0v) is 16.3. The van der Waals surface area contributed by atoms with Gasteiger partial charge in [-0.25, -0.2) is 0 Å². The van der Waals surface area contributed by atoms with Gasteiger partial charge in [-0.15, -0.1) is 11.3 Å². The minimum Gasteiger partial charge on any atom is -0.293 e. The van der Waals surface area contributed by atoms with Gasteiger partial charge in [0.2, 0.25) is 6.41 Å². The van der Waals surface area contributed by atoms with Crippen LogP contribution in [0.4, 0.5) is 0 Å². The van der Waals surface area contributed by atoms with E-state index in [2.05, 4.69) is 54.5 Å². The fraction of sp³-hybridized carbons (Fsp3) is 0.409. The Bertz CT molecular complexity index is 896. The summed E-state index contributed by atoms with van der Waals surface area (Å²) in [5.74, 6) is 0. The highest BCUT2D eigenvalue weighted by atomic mass is 32.1. The van der Waals surface area contributed by atoms with Gasteiger partial charge in [0, 0.05) is 28.5 Å². The maximum Gasteiger partial charge on any atom is 0.218 e. The van der Waals surface area contributed by atoms with Crippen LogP contribution in [0.1, 0.15) is 48.7 Å². The van der Waals surface area contributed by atoms with Gasteiger partial charge in [-0.3, -0.25) is 14.3 Å².